The standard InChI is InChI=1S/C17H20F3N5O/c18-17(19,20)12-3-4-13-23-24-14(25(13)10-12)9-22-15(26)16-5-7-21-6-1-2-11(16)8-16/h3-4,10-11,21H,1-2,5-9H2,(H,22,26). The molecule has 1 aliphatic carbocycles. The van der Waals surface area contributed by atoms with Gasteiger partial charge in [-0.15, -0.1) is 10.2 Å². The summed E-state index contributed by atoms with van der Waals surface area (Å²) in [6.45, 7) is 1.86. The first-order chi connectivity index (χ1) is 12.4. The van der Waals surface area contributed by atoms with E-state index in [1.807, 2.05) is 0 Å². The minimum atomic E-state index is -4.44. The molecule has 0 aromatic carbocycles. The van der Waals surface area contributed by atoms with Crippen LogP contribution in [0, 0.1) is 11.3 Å². The number of nitrogens with zero attached hydrogens (tertiary/aromatic N) is 3. The van der Waals surface area contributed by atoms with E-state index in [1.54, 1.807) is 0 Å². The number of nitrogens with one attached hydrogen (secondary N) is 2. The number of alkyl halides is 3. The summed E-state index contributed by atoms with van der Waals surface area (Å²) in [4.78, 5) is 12.7. The lowest BCUT2D eigenvalue weighted by Crippen LogP contribution is -2.36. The van der Waals surface area contributed by atoms with Gasteiger partial charge >= 0.3 is 6.18 Å². The average molecular weight is 367 g/mol. The molecule has 0 spiro atoms. The Morgan fingerprint density at radius 3 is 3.00 bits per heavy atom. The summed E-state index contributed by atoms with van der Waals surface area (Å²) in [5.74, 6) is 0.670. The van der Waals surface area contributed by atoms with Crippen LogP contribution in [0.4, 0.5) is 13.2 Å². The molecule has 0 bridgehead atoms. The third kappa shape index (κ3) is 3.04. The number of fused-ring (bicyclic) bond motifs is 2. The number of hydrogen-bond acceptors (Lipinski definition) is 4. The summed E-state index contributed by atoms with van der Waals surface area (Å²) in [6, 6.07) is 2.25. The molecule has 3 heterocycles. The van der Waals surface area contributed by atoms with Gasteiger partial charge in [-0.05, 0) is 56.8 Å². The van der Waals surface area contributed by atoms with Gasteiger partial charge in [-0.2, -0.15) is 13.2 Å². The highest BCUT2D eigenvalue weighted by Gasteiger charge is 2.58. The Balaban J connectivity index is 1.48. The predicted molar refractivity (Wildman–Crippen MR) is 87.1 cm³/mol. The van der Waals surface area contributed by atoms with Crippen LogP contribution in [-0.4, -0.2) is 33.6 Å². The summed E-state index contributed by atoms with van der Waals surface area (Å²) >= 11 is 0. The summed E-state index contributed by atoms with van der Waals surface area (Å²) in [5, 5.41) is 14.0. The normalized spacial score (nSPS) is 26.0. The number of carbonyl (C=O) groups excluding carboxylic acids is 1. The van der Waals surface area contributed by atoms with Gasteiger partial charge < -0.3 is 10.6 Å². The van der Waals surface area contributed by atoms with Crippen LogP contribution in [-0.2, 0) is 17.5 Å². The van der Waals surface area contributed by atoms with E-state index in [4.69, 9.17) is 0 Å². The van der Waals surface area contributed by atoms with E-state index in [0.29, 0.717) is 11.6 Å². The van der Waals surface area contributed by atoms with Crippen molar-refractivity contribution in [1.29, 1.82) is 0 Å². The highest BCUT2D eigenvalue weighted by molar-refractivity contribution is 5.85. The molecule has 2 fully saturated rings. The first-order valence-corrected chi connectivity index (χ1v) is 8.80. The van der Waals surface area contributed by atoms with Crippen LogP contribution in [0.3, 0.4) is 0 Å². The van der Waals surface area contributed by atoms with Crippen molar-refractivity contribution in [2.45, 2.75) is 38.4 Å². The topological polar surface area (TPSA) is 71.3 Å². The maximum absolute atomic E-state index is 12.9. The van der Waals surface area contributed by atoms with Crippen LogP contribution in [0.2, 0.25) is 0 Å². The largest absolute Gasteiger partial charge is 0.417 e. The number of halogens is 3. The zero-order valence-corrected chi connectivity index (χ0v) is 14.1. The van der Waals surface area contributed by atoms with Crippen LogP contribution in [0.15, 0.2) is 18.3 Å². The quantitative estimate of drug-likeness (QED) is 0.872. The monoisotopic (exact) mass is 367 g/mol. The Labute approximate surface area is 148 Å². The van der Waals surface area contributed by atoms with Crippen molar-refractivity contribution >= 4 is 11.6 Å². The second-order valence-electron chi connectivity index (χ2n) is 7.14. The minimum Gasteiger partial charge on any atom is -0.348 e. The zero-order valence-electron chi connectivity index (χ0n) is 14.1. The maximum atomic E-state index is 12.9. The molecule has 9 heteroatoms. The molecule has 1 saturated heterocycles. The Morgan fingerprint density at radius 1 is 1.35 bits per heavy atom. The molecular weight excluding hydrogens is 347 g/mol. The molecule has 6 nitrogen and oxygen atoms in total. The zero-order chi connectivity index (χ0) is 18.4. The predicted octanol–water partition coefficient (Wildman–Crippen LogP) is 2.14. The number of amides is 1. The number of carbonyl (C=O) groups is 1. The van der Waals surface area contributed by atoms with Gasteiger partial charge in [0.05, 0.1) is 17.5 Å². The third-order valence-corrected chi connectivity index (χ3v) is 5.55. The van der Waals surface area contributed by atoms with E-state index in [1.165, 1.54) is 10.5 Å². The number of aromatic nitrogens is 3. The van der Waals surface area contributed by atoms with Crippen LogP contribution >= 0.6 is 0 Å². The molecule has 2 aromatic rings. The van der Waals surface area contributed by atoms with Crippen molar-refractivity contribution in [3.8, 4) is 0 Å². The van der Waals surface area contributed by atoms with Crippen molar-refractivity contribution in [2.75, 3.05) is 13.1 Å². The molecule has 2 atom stereocenters. The average Bonchev–Trinajstić information content (AvgIpc) is 3.11. The van der Waals surface area contributed by atoms with Crippen molar-refractivity contribution < 1.29 is 18.0 Å². The second-order valence-corrected chi connectivity index (χ2v) is 7.14. The maximum Gasteiger partial charge on any atom is 0.417 e. The molecule has 1 saturated carbocycles. The van der Waals surface area contributed by atoms with Gasteiger partial charge in [0.15, 0.2) is 11.5 Å². The lowest BCUT2D eigenvalue weighted by Gasteiger charge is -2.20. The Morgan fingerprint density at radius 2 is 2.19 bits per heavy atom. The van der Waals surface area contributed by atoms with E-state index in [-0.39, 0.29) is 23.7 Å². The van der Waals surface area contributed by atoms with Gasteiger partial charge in [0, 0.05) is 6.20 Å². The van der Waals surface area contributed by atoms with Gasteiger partial charge in [-0.25, -0.2) is 0 Å². The first-order valence-electron chi connectivity index (χ1n) is 8.80. The lowest BCUT2D eigenvalue weighted by atomic mass is 9.94. The smallest absolute Gasteiger partial charge is 0.348 e. The summed E-state index contributed by atoms with van der Waals surface area (Å²) in [5.41, 5.74) is -0.783. The molecule has 2 aliphatic rings. The van der Waals surface area contributed by atoms with Crippen LogP contribution in [0.25, 0.3) is 5.65 Å². The Kier molecular flexibility index (Phi) is 4.13. The number of hydrogen-bond donors (Lipinski definition) is 2. The van der Waals surface area contributed by atoms with Gasteiger partial charge in [-0.1, -0.05) is 0 Å². The number of rotatable bonds is 3. The fraction of sp³-hybridized carbons (Fsp3) is 0.588. The Bertz CT molecular complexity index is 833. The van der Waals surface area contributed by atoms with E-state index >= 15 is 0 Å². The molecule has 1 aliphatic heterocycles. The van der Waals surface area contributed by atoms with Gasteiger partial charge in [0.1, 0.15) is 0 Å². The summed E-state index contributed by atoms with van der Waals surface area (Å²) < 4.78 is 40.0. The molecule has 0 radical (unpaired) electrons. The fourth-order valence-electron chi connectivity index (χ4n) is 3.93. The molecule has 2 aromatic heterocycles. The van der Waals surface area contributed by atoms with Gasteiger partial charge in [0.2, 0.25) is 5.91 Å². The second kappa shape index (κ2) is 6.22. The molecular formula is C17H20F3N5O. The molecule has 2 unspecified atom stereocenters. The lowest BCUT2D eigenvalue weighted by molar-refractivity contribution is -0.138. The molecule has 4 rings (SSSR count). The number of pyridine rings is 1. The van der Waals surface area contributed by atoms with E-state index < -0.39 is 11.7 Å². The highest BCUT2D eigenvalue weighted by atomic mass is 19.4. The van der Waals surface area contributed by atoms with Crippen LogP contribution in [0.5, 0.6) is 0 Å². The van der Waals surface area contributed by atoms with Crippen molar-refractivity contribution in [1.82, 2.24) is 25.2 Å². The molecule has 2 N–H and O–H groups in total. The van der Waals surface area contributed by atoms with E-state index in [9.17, 15) is 18.0 Å². The minimum absolute atomic E-state index is 0.0325. The van der Waals surface area contributed by atoms with Crippen LogP contribution in [0.1, 0.15) is 37.1 Å². The SMILES string of the molecule is O=C(NCc1nnc2ccc(C(F)(F)F)cn12)C12CCNCCCC1C2. The molecule has 1 amide bonds. The Hall–Kier alpha value is -2.16. The summed E-state index contributed by atoms with van der Waals surface area (Å²) in [7, 11) is 0. The highest BCUT2D eigenvalue weighted by Crippen LogP contribution is 2.58. The third-order valence-electron chi connectivity index (χ3n) is 5.55. The van der Waals surface area contributed by atoms with Crippen molar-refractivity contribution in [3.05, 3.63) is 29.7 Å². The van der Waals surface area contributed by atoms with Crippen LogP contribution < -0.4 is 10.6 Å². The molecule has 26 heavy (non-hydrogen) atoms. The van der Waals surface area contributed by atoms with Gasteiger partial charge in [0.25, 0.3) is 0 Å². The van der Waals surface area contributed by atoms with E-state index in [0.717, 1.165) is 51.0 Å². The fourth-order valence-corrected chi connectivity index (χ4v) is 3.93. The van der Waals surface area contributed by atoms with Crippen molar-refractivity contribution in [3.63, 3.8) is 0 Å². The summed E-state index contributed by atoms with van der Waals surface area (Å²) in [6.07, 6.45) is 0.305. The van der Waals surface area contributed by atoms with E-state index in [2.05, 4.69) is 20.8 Å². The van der Waals surface area contributed by atoms with Gasteiger partial charge in [-0.3, -0.25) is 9.20 Å². The molecule has 140 valence electrons. The first kappa shape index (κ1) is 17.3. The van der Waals surface area contributed by atoms with Crippen molar-refractivity contribution in [2.24, 2.45) is 11.3 Å².